The summed E-state index contributed by atoms with van der Waals surface area (Å²) in [6.07, 6.45) is 0. The minimum absolute atomic E-state index is 0.114. The van der Waals surface area contributed by atoms with E-state index < -0.39 is 0 Å². The summed E-state index contributed by atoms with van der Waals surface area (Å²) in [6, 6.07) is 3.03. The van der Waals surface area contributed by atoms with Gasteiger partial charge in [-0.1, -0.05) is 0 Å². The van der Waals surface area contributed by atoms with Crippen molar-refractivity contribution in [2.75, 3.05) is 18.1 Å². The van der Waals surface area contributed by atoms with Crippen molar-refractivity contribution < 1.29 is 9.53 Å². The van der Waals surface area contributed by atoms with Crippen molar-refractivity contribution in [3.05, 3.63) is 12.1 Å². The Labute approximate surface area is 113 Å². The van der Waals surface area contributed by atoms with Crippen LogP contribution in [0.25, 0.3) is 0 Å². The monoisotopic (exact) mass is 266 g/mol. The highest BCUT2D eigenvalue weighted by atomic mass is 16.5. The summed E-state index contributed by atoms with van der Waals surface area (Å²) < 4.78 is 5.66. The second-order valence-electron chi connectivity index (χ2n) is 5.29. The van der Waals surface area contributed by atoms with Crippen molar-refractivity contribution in [1.82, 2.24) is 10.3 Å². The van der Waals surface area contributed by atoms with Gasteiger partial charge in [-0.3, -0.25) is 4.79 Å². The van der Waals surface area contributed by atoms with E-state index in [1.165, 1.54) is 0 Å². The Morgan fingerprint density at radius 1 is 1.42 bits per heavy atom. The van der Waals surface area contributed by atoms with Crippen molar-refractivity contribution in [2.24, 2.45) is 0 Å². The van der Waals surface area contributed by atoms with Crippen LogP contribution in [0.15, 0.2) is 12.1 Å². The van der Waals surface area contributed by atoms with E-state index in [9.17, 15) is 4.79 Å². The van der Waals surface area contributed by atoms with Crippen molar-refractivity contribution in [2.45, 2.75) is 39.3 Å². The molecule has 1 unspecified atom stereocenters. The number of likely N-dealkylation sites (N-methyl/N-ethyl adjacent to an activating group) is 1. The first-order valence-corrected chi connectivity index (χ1v) is 6.16. The van der Waals surface area contributed by atoms with E-state index in [0.29, 0.717) is 17.4 Å². The average Bonchev–Trinajstić information content (AvgIpc) is 2.30. The molecule has 1 atom stereocenters. The second-order valence-corrected chi connectivity index (χ2v) is 5.29. The van der Waals surface area contributed by atoms with Crippen LogP contribution in [0.2, 0.25) is 0 Å². The molecule has 19 heavy (non-hydrogen) atoms. The predicted molar refractivity (Wildman–Crippen MR) is 76.2 cm³/mol. The molecule has 6 heteroatoms. The quantitative estimate of drug-likeness (QED) is 0.766. The highest BCUT2D eigenvalue weighted by Crippen LogP contribution is 2.25. The summed E-state index contributed by atoms with van der Waals surface area (Å²) in [4.78, 5) is 15.7. The number of nitrogens with one attached hydrogen (secondary N) is 2. The topological polar surface area (TPSA) is 89.3 Å². The summed E-state index contributed by atoms with van der Waals surface area (Å²) in [6.45, 7) is 7.51. The van der Waals surface area contributed by atoms with Crippen LogP contribution in [0, 0.1) is 0 Å². The normalized spacial score (nSPS) is 12.7. The van der Waals surface area contributed by atoms with Gasteiger partial charge in [-0.25, -0.2) is 0 Å². The summed E-state index contributed by atoms with van der Waals surface area (Å²) in [5.74, 6) is 0.795. The van der Waals surface area contributed by atoms with E-state index in [1.807, 2.05) is 20.8 Å². The molecular weight excluding hydrogens is 244 g/mol. The van der Waals surface area contributed by atoms with Gasteiger partial charge in [-0.05, 0) is 39.8 Å². The number of amides is 1. The number of nitrogens with zero attached hydrogens (tertiary/aromatic N) is 1. The van der Waals surface area contributed by atoms with Gasteiger partial charge in [-0.2, -0.15) is 4.98 Å². The van der Waals surface area contributed by atoms with Gasteiger partial charge in [0.25, 0.3) is 0 Å². The Kier molecular flexibility index (Phi) is 4.58. The number of carbonyl (C=O) groups excluding carboxylic acids is 1. The fourth-order valence-corrected chi connectivity index (χ4v) is 1.41. The van der Waals surface area contributed by atoms with E-state index in [-0.39, 0.29) is 17.6 Å². The fourth-order valence-electron chi connectivity index (χ4n) is 1.41. The van der Waals surface area contributed by atoms with Crippen molar-refractivity contribution in [3.63, 3.8) is 0 Å². The first-order chi connectivity index (χ1) is 8.73. The SMILES string of the molecule is CNC(=O)C(C)Nc1ccc(N)c(OC(C)(C)C)n1. The number of nitrogen functional groups attached to an aromatic ring is 1. The zero-order chi connectivity index (χ0) is 14.6. The molecule has 0 radical (unpaired) electrons. The number of anilines is 2. The molecule has 106 valence electrons. The third-order valence-electron chi connectivity index (χ3n) is 2.30. The summed E-state index contributed by atoms with van der Waals surface area (Å²) >= 11 is 0. The van der Waals surface area contributed by atoms with Crippen LogP contribution in [0.1, 0.15) is 27.7 Å². The predicted octanol–water partition coefficient (Wildman–Crippen LogP) is 1.39. The molecule has 0 saturated heterocycles. The van der Waals surface area contributed by atoms with E-state index >= 15 is 0 Å². The number of hydrogen-bond donors (Lipinski definition) is 3. The van der Waals surface area contributed by atoms with Crippen LogP contribution in [0.4, 0.5) is 11.5 Å². The Balaban J connectivity index is 2.87. The third-order valence-corrected chi connectivity index (χ3v) is 2.30. The Morgan fingerprint density at radius 3 is 2.58 bits per heavy atom. The van der Waals surface area contributed by atoms with E-state index in [2.05, 4.69) is 15.6 Å². The van der Waals surface area contributed by atoms with Crippen LogP contribution >= 0.6 is 0 Å². The highest BCUT2D eigenvalue weighted by molar-refractivity contribution is 5.83. The number of ether oxygens (including phenoxy) is 1. The van der Waals surface area contributed by atoms with Gasteiger partial charge in [0.1, 0.15) is 17.5 Å². The second kappa shape index (κ2) is 5.77. The number of rotatable bonds is 4. The molecule has 1 rings (SSSR count). The molecule has 0 aliphatic carbocycles. The van der Waals surface area contributed by atoms with Crippen LogP contribution in [-0.2, 0) is 4.79 Å². The molecule has 0 saturated carbocycles. The van der Waals surface area contributed by atoms with Crippen LogP contribution in [0.3, 0.4) is 0 Å². The molecular formula is C13H22N4O2. The molecule has 0 bridgehead atoms. The highest BCUT2D eigenvalue weighted by Gasteiger charge is 2.17. The average molecular weight is 266 g/mol. The maximum Gasteiger partial charge on any atom is 0.241 e. The standard InChI is InChI=1S/C13H22N4O2/c1-8(11(18)15-5)16-10-7-6-9(14)12(17-10)19-13(2,3)4/h6-8H,14H2,1-5H3,(H,15,18)(H,16,17). The van der Waals surface area contributed by atoms with Crippen molar-refractivity contribution in [3.8, 4) is 5.88 Å². The fraction of sp³-hybridized carbons (Fsp3) is 0.538. The first kappa shape index (κ1) is 15.1. The largest absolute Gasteiger partial charge is 0.470 e. The van der Waals surface area contributed by atoms with Crippen molar-refractivity contribution in [1.29, 1.82) is 0 Å². The van der Waals surface area contributed by atoms with Gasteiger partial charge in [-0.15, -0.1) is 0 Å². The number of aromatic nitrogens is 1. The zero-order valence-electron chi connectivity index (χ0n) is 12.1. The molecule has 0 spiro atoms. The van der Waals surface area contributed by atoms with Gasteiger partial charge >= 0.3 is 0 Å². The number of hydrogen-bond acceptors (Lipinski definition) is 5. The summed E-state index contributed by atoms with van der Waals surface area (Å²) in [5, 5.41) is 5.55. The minimum atomic E-state index is -0.386. The van der Waals surface area contributed by atoms with Crippen molar-refractivity contribution >= 4 is 17.4 Å². The summed E-state index contributed by atoms with van der Waals surface area (Å²) in [7, 11) is 1.59. The van der Waals surface area contributed by atoms with E-state index in [4.69, 9.17) is 10.5 Å². The molecule has 4 N–H and O–H groups in total. The van der Waals surface area contributed by atoms with Crippen LogP contribution in [-0.4, -0.2) is 29.6 Å². The number of carbonyl (C=O) groups is 1. The molecule has 0 aromatic carbocycles. The first-order valence-electron chi connectivity index (χ1n) is 6.16. The number of nitrogens with two attached hydrogens (primary N) is 1. The summed E-state index contributed by atoms with van der Waals surface area (Å²) in [5.41, 5.74) is 5.90. The van der Waals surface area contributed by atoms with Gasteiger partial charge in [0.05, 0.1) is 5.69 Å². The zero-order valence-corrected chi connectivity index (χ0v) is 12.1. The van der Waals surface area contributed by atoms with Crippen LogP contribution < -0.4 is 21.1 Å². The Morgan fingerprint density at radius 2 is 2.05 bits per heavy atom. The molecule has 1 heterocycles. The molecule has 0 aliphatic rings. The maximum absolute atomic E-state index is 11.4. The lowest BCUT2D eigenvalue weighted by Gasteiger charge is -2.22. The number of pyridine rings is 1. The third kappa shape index (κ3) is 4.65. The lowest BCUT2D eigenvalue weighted by molar-refractivity contribution is -0.121. The molecule has 6 nitrogen and oxygen atoms in total. The maximum atomic E-state index is 11.4. The van der Waals surface area contributed by atoms with Crippen LogP contribution in [0.5, 0.6) is 5.88 Å². The van der Waals surface area contributed by atoms with E-state index in [0.717, 1.165) is 0 Å². The van der Waals surface area contributed by atoms with E-state index in [1.54, 1.807) is 26.1 Å². The molecule has 1 amide bonds. The molecule has 1 aromatic heterocycles. The Hall–Kier alpha value is -1.98. The molecule has 0 aliphatic heterocycles. The minimum Gasteiger partial charge on any atom is -0.470 e. The lowest BCUT2D eigenvalue weighted by Crippen LogP contribution is -2.35. The van der Waals surface area contributed by atoms with Gasteiger partial charge in [0.2, 0.25) is 11.8 Å². The van der Waals surface area contributed by atoms with Gasteiger partial charge in [0, 0.05) is 7.05 Å². The molecule has 1 aromatic rings. The van der Waals surface area contributed by atoms with Gasteiger partial charge < -0.3 is 21.1 Å². The lowest BCUT2D eigenvalue weighted by atomic mass is 10.2. The Bertz CT molecular complexity index is 454. The van der Waals surface area contributed by atoms with Gasteiger partial charge in [0.15, 0.2) is 0 Å². The molecule has 0 fully saturated rings. The smallest absolute Gasteiger partial charge is 0.241 e.